The van der Waals surface area contributed by atoms with Gasteiger partial charge in [0.05, 0.1) is 11.8 Å². The number of ether oxygens (including phenoxy) is 1. The highest BCUT2D eigenvalue weighted by Gasteiger charge is 2.44. The van der Waals surface area contributed by atoms with Crippen LogP contribution in [0.2, 0.25) is 0 Å². The van der Waals surface area contributed by atoms with Gasteiger partial charge in [0, 0.05) is 12.8 Å². The summed E-state index contributed by atoms with van der Waals surface area (Å²) in [5, 5.41) is 0. The number of hydrogen-bond donors (Lipinski definition) is 0. The highest BCUT2D eigenvalue weighted by atomic mass is 16.6. The largest absolute Gasteiger partial charge is 0.393 e. The summed E-state index contributed by atoms with van der Waals surface area (Å²) in [5.74, 6) is -3.33. The van der Waals surface area contributed by atoms with Gasteiger partial charge in [-0.2, -0.15) is 0 Å². The van der Waals surface area contributed by atoms with Gasteiger partial charge in [0.1, 0.15) is 11.6 Å². The van der Waals surface area contributed by atoms with Gasteiger partial charge < -0.3 is 14.3 Å². The van der Waals surface area contributed by atoms with Crippen molar-refractivity contribution in [1.82, 2.24) is 0 Å². The molecule has 0 N–H and O–H groups in total. The van der Waals surface area contributed by atoms with Crippen LogP contribution in [0.5, 0.6) is 0 Å². The monoisotopic (exact) mass is 212 g/mol. The van der Waals surface area contributed by atoms with Crippen molar-refractivity contribution in [2.24, 2.45) is 11.8 Å². The second kappa shape index (κ2) is 4.33. The Morgan fingerprint density at radius 2 is 1.33 bits per heavy atom. The predicted octanol–water partition coefficient (Wildman–Crippen LogP) is 0.260. The molecule has 0 aliphatic carbocycles. The Morgan fingerprint density at radius 1 is 1.00 bits per heavy atom. The maximum atomic E-state index is 11.2. The summed E-state index contributed by atoms with van der Waals surface area (Å²) in [5.41, 5.74) is 0. The summed E-state index contributed by atoms with van der Waals surface area (Å²) in [6, 6.07) is 0. The molecule has 0 amide bonds. The van der Waals surface area contributed by atoms with Gasteiger partial charge in [-0.15, -0.1) is 0 Å². The van der Waals surface area contributed by atoms with E-state index in [-0.39, 0.29) is 24.4 Å². The third kappa shape index (κ3) is 2.71. The van der Waals surface area contributed by atoms with Gasteiger partial charge in [0.25, 0.3) is 0 Å². The molecule has 0 saturated carbocycles. The number of carbonyl (C=O) groups excluding carboxylic acids is 4. The van der Waals surface area contributed by atoms with Gasteiger partial charge in [0.2, 0.25) is 0 Å². The maximum absolute atomic E-state index is 11.2. The second-order valence-electron chi connectivity index (χ2n) is 3.77. The first-order chi connectivity index (χ1) is 6.91. The van der Waals surface area contributed by atoms with Crippen molar-refractivity contribution in [3.8, 4) is 0 Å². The van der Waals surface area contributed by atoms with E-state index in [0.717, 1.165) is 0 Å². The fourth-order valence-electron chi connectivity index (χ4n) is 1.65. The normalized spacial score (nSPS) is 25.2. The van der Waals surface area contributed by atoms with Gasteiger partial charge in [-0.3, -0.25) is 9.59 Å². The summed E-state index contributed by atoms with van der Waals surface area (Å²) >= 11 is 0. The summed E-state index contributed by atoms with van der Waals surface area (Å²) in [7, 11) is 0. The molecular formula is C10H12O5. The van der Waals surface area contributed by atoms with E-state index in [2.05, 4.69) is 4.74 Å². The van der Waals surface area contributed by atoms with Crippen molar-refractivity contribution < 1.29 is 23.9 Å². The van der Waals surface area contributed by atoms with Gasteiger partial charge in [-0.25, -0.2) is 0 Å². The Balaban J connectivity index is 2.79. The third-order valence-corrected chi connectivity index (χ3v) is 2.31. The first-order valence-electron chi connectivity index (χ1n) is 4.66. The number of cyclic esters (lactones) is 2. The number of rotatable bonds is 4. The Hall–Kier alpha value is -1.52. The van der Waals surface area contributed by atoms with Gasteiger partial charge in [0.15, 0.2) is 0 Å². The quantitative estimate of drug-likeness (QED) is 0.493. The van der Waals surface area contributed by atoms with Gasteiger partial charge in [-0.05, 0) is 13.8 Å². The zero-order chi connectivity index (χ0) is 11.6. The number of esters is 2. The molecule has 0 aromatic heterocycles. The molecule has 0 spiro atoms. The fraction of sp³-hybridized carbons (Fsp3) is 0.600. The molecule has 1 aliphatic heterocycles. The average molecular weight is 212 g/mol. The van der Waals surface area contributed by atoms with E-state index in [0.29, 0.717) is 0 Å². The fourth-order valence-corrected chi connectivity index (χ4v) is 1.65. The molecule has 1 heterocycles. The zero-order valence-electron chi connectivity index (χ0n) is 8.61. The number of carbonyl (C=O) groups is 4. The standard InChI is InChI=1S/C10H12O5/c1-5(11)3-7-8(4-6(2)12)10(14)15-9(7)13/h7-8H,3-4H2,1-2H3/t7-,8-/m0/s1. The van der Waals surface area contributed by atoms with Crippen LogP contribution in [-0.2, 0) is 23.9 Å². The van der Waals surface area contributed by atoms with Gasteiger partial charge in [-0.1, -0.05) is 0 Å². The molecule has 2 atom stereocenters. The van der Waals surface area contributed by atoms with Crippen LogP contribution < -0.4 is 0 Å². The maximum Gasteiger partial charge on any atom is 0.317 e. The van der Waals surface area contributed by atoms with Crippen LogP contribution in [0.25, 0.3) is 0 Å². The van der Waals surface area contributed by atoms with Crippen molar-refractivity contribution in [1.29, 1.82) is 0 Å². The lowest BCUT2D eigenvalue weighted by Crippen LogP contribution is -2.22. The van der Waals surface area contributed by atoms with E-state index in [9.17, 15) is 19.2 Å². The summed E-state index contributed by atoms with van der Waals surface area (Å²) in [6.45, 7) is 2.67. The van der Waals surface area contributed by atoms with Crippen LogP contribution in [0.15, 0.2) is 0 Å². The van der Waals surface area contributed by atoms with E-state index in [1.54, 1.807) is 0 Å². The lowest BCUT2D eigenvalue weighted by molar-refractivity contribution is -0.154. The minimum absolute atomic E-state index is 0.0392. The molecule has 1 fully saturated rings. The van der Waals surface area contributed by atoms with Gasteiger partial charge >= 0.3 is 11.9 Å². The van der Waals surface area contributed by atoms with Crippen LogP contribution in [-0.4, -0.2) is 23.5 Å². The minimum atomic E-state index is -0.779. The Bertz CT molecular complexity index is 299. The van der Waals surface area contributed by atoms with Crippen LogP contribution in [0.4, 0.5) is 0 Å². The minimum Gasteiger partial charge on any atom is -0.393 e. The molecule has 0 unspecified atom stereocenters. The lowest BCUT2D eigenvalue weighted by Gasteiger charge is -2.09. The van der Waals surface area contributed by atoms with E-state index in [1.807, 2.05) is 0 Å². The van der Waals surface area contributed by atoms with E-state index < -0.39 is 23.8 Å². The predicted molar refractivity (Wildman–Crippen MR) is 48.7 cm³/mol. The second-order valence-corrected chi connectivity index (χ2v) is 3.77. The van der Waals surface area contributed by atoms with Crippen molar-refractivity contribution in [3.05, 3.63) is 0 Å². The summed E-state index contributed by atoms with van der Waals surface area (Å²) < 4.78 is 4.41. The molecule has 82 valence electrons. The topological polar surface area (TPSA) is 77.5 Å². The first kappa shape index (κ1) is 11.6. The van der Waals surface area contributed by atoms with Crippen molar-refractivity contribution in [2.45, 2.75) is 26.7 Å². The van der Waals surface area contributed by atoms with Crippen molar-refractivity contribution in [3.63, 3.8) is 0 Å². The molecule has 1 rings (SSSR count). The van der Waals surface area contributed by atoms with E-state index >= 15 is 0 Å². The Morgan fingerprint density at radius 3 is 1.60 bits per heavy atom. The average Bonchev–Trinajstić information content (AvgIpc) is 2.30. The lowest BCUT2D eigenvalue weighted by atomic mass is 9.87. The molecule has 15 heavy (non-hydrogen) atoms. The van der Waals surface area contributed by atoms with E-state index in [1.165, 1.54) is 13.8 Å². The van der Waals surface area contributed by atoms with Crippen LogP contribution in [0, 0.1) is 11.8 Å². The highest BCUT2D eigenvalue weighted by Crippen LogP contribution is 2.29. The summed E-state index contributed by atoms with van der Waals surface area (Å²) in [6.07, 6.45) is -0.0783. The van der Waals surface area contributed by atoms with Crippen LogP contribution in [0.3, 0.4) is 0 Å². The molecular weight excluding hydrogens is 200 g/mol. The van der Waals surface area contributed by atoms with Crippen molar-refractivity contribution >= 4 is 23.5 Å². The number of ketones is 2. The third-order valence-electron chi connectivity index (χ3n) is 2.31. The molecule has 5 nitrogen and oxygen atoms in total. The summed E-state index contributed by atoms with van der Waals surface area (Å²) in [4.78, 5) is 44.2. The van der Waals surface area contributed by atoms with Crippen molar-refractivity contribution in [2.75, 3.05) is 0 Å². The van der Waals surface area contributed by atoms with Crippen LogP contribution in [0.1, 0.15) is 26.7 Å². The Kier molecular flexibility index (Phi) is 3.34. The molecule has 1 aliphatic rings. The number of Topliss-reactive ketones (excluding diaryl/α,β-unsaturated/α-hetero) is 2. The molecule has 0 bridgehead atoms. The SMILES string of the molecule is CC(=O)C[C@@H]1C(=O)OC(=O)[C@H]1CC(C)=O. The van der Waals surface area contributed by atoms with E-state index in [4.69, 9.17) is 0 Å². The number of hydrogen-bond acceptors (Lipinski definition) is 5. The zero-order valence-corrected chi connectivity index (χ0v) is 8.61. The molecule has 0 aromatic carbocycles. The molecule has 0 aromatic rings. The van der Waals surface area contributed by atoms with Crippen LogP contribution >= 0.6 is 0 Å². The molecule has 1 saturated heterocycles. The smallest absolute Gasteiger partial charge is 0.317 e. The first-order valence-corrected chi connectivity index (χ1v) is 4.66. The molecule has 0 radical (unpaired) electrons. The molecule has 5 heteroatoms. The Labute approximate surface area is 86.8 Å². The highest BCUT2D eigenvalue weighted by molar-refractivity contribution is 6.00.